The molecule has 1 aromatic carbocycles. The fourth-order valence-corrected chi connectivity index (χ4v) is 3.43. The quantitative estimate of drug-likeness (QED) is 0.902. The smallest absolute Gasteiger partial charge is 0.0469 e. The first kappa shape index (κ1) is 12.9. The van der Waals surface area contributed by atoms with E-state index >= 15 is 0 Å². The zero-order valence-electron chi connectivity index (χ0n) is 11.6. The van der Waals surface area contributed by atoms with Crippen LogP contribution in [0.4, 0.5) is 5.69 Å². The average Bonchev–Trinajstić information content (AvgIpc) is 2.79. The minimum absolute atomic E-state index is 0.602. The molecule has 1 aromatic rings. The van der Waals surface area contributed by atoms with E-state index in [2.05, 4.69) is 29.2 Å². The van der Waals surface area contributed by atoms with Gasteiger partial charge in [-0.2, -0.15) is 0 Å². The van der Waals surface area contributed by atoms with Gasteiger partial charge in [-0.1, -0.05) is 18.2 Å². The molecule has 0 aromatic heterocycles. The molecule has 1 unspecified atom stereocenters. The number of para-hydroxylation sites is 1. The van der Waals surface area contributed by atoms with Gasteiger partial charge in [0.2, 0.25) is 0 Å². The second-order valence-electron chi connectivity index (χ2n) is 5.77. The SMILES string of the molecule is NCCC1Cc2ccccc2N1CC1CCOCC1. The van der Waals surface area contributed by atoms with Gasteiger partial charge in [-0.3, -0.25) is 0 Å². The summed E-state index contributed by atoms with van der Waals surface area (Å²) in [6.07, 6.45) is 4.66. The van der Waals surface area contributed by atoms with Crippen molar-refractivity contribution in [2.75, 3.05) is 31.2 Å². The molecule has 104 valence electrons. The first-order valence-corrected chi connectivity index (χ1v) is 7.51. The molecule has 2 aliphatic rings. The van der Waals surface area contributed by atoms with Crippen LogP contribution >= 0.6 is 0 Å². The maximum Gasteiger partial charge on any atom is 0.0469 e. The number of nitrogens with zero attached hydrogens (tertiary/aromatic N) is 1. The second-order valence-corrected chi connectivity index (χ2v) is 5.77. The number of anilines is 1. The lowest BCUT2D eigenvalue weighted by Crippen LogP contribution is -2.38. The van der Waals surface area contributed by atoms with Crippen molar-refractivity contribution < 1.29 is 4.74 Å². The van der Waals surface area contributed by atoms with Crippen LogP contribution in [0.5, 0.6) is 0 Å². The minimum atomic E-state index is 0.602. The van der Waals surface area contributed by atoms with Gasteiger partial charge in [0, 0.05) is 31.5 Å². The van der Waals surface area contributed by atoms with E-state index < -0.39 is 0 Å². The van der Waals surface area contributed by atoms with Crippen molar-refractivity contribution in [1.29, 1.82) is 0 Å². The van der Waals surface area contributed by atoms with Crippen molar-refractivity contribution in [3.8, 4) is 0 Å². The van der Waals surface area contributed by atoms with Gasteiger partial charge in [-0.25, -0.2) is 0 Å². The van der Waals surface area contributed by atoms with E-state index in [-0.39, 0.29) is 0 Å². The third-order valence-electron chi connectivity index (χ3n) is 4.49. The Morgan fingerprint density at radius 2 is 2.00 bits per heavy atom. The zero-order valence-corrected chi connectivity index (χ0v) is 11.6. The molecule has 1 atom stereocenters. The van der Waals surface area contributed by atoms with Gasteiger partial charge in [0.05, 0.1) is 0 Å². The molecule has 1 fully saturated rings. The predicted molar refractivity (Wildman–Crippen MR) is 78.5 cm³/mol. The van der Waals surface area contributed by atoms with Crippen molar-refractivity contribution in [1.82, 2.24) is 0 Å². The lowest BCUT2D eigenvalue weighted by atomic mass is 9.99. The van der Waals surface area contributed by atoms with Crippen molar-refractivity contribution in [3.05, 3.63) is 29.8 Å². The molecule has 3 heteroatoms. The summed E-state index contributed by atoms with van der Waals surface area (Å²) in [7, 11) is 0. The average molecular weight is 260 g/mol. The van der Waals surface area contributed by atoms with Crippen LogP contribution in [0.1, 0.15) is 24.8 Å². The molecule has 3 nitrogen and oxygen atoms in total. The molecule has 0 amide bonds. The number of ether oxygens (including phenoxy) is 1. The van der Waals surface area contributed by atoms with Crippen molar-refractivity contribution in [3.63, 3.8) is 0 Å². The summed E-state index contributed by atoms with van der Waals surface area (Å²) in [6.45, 7) is 3.82. The van der Waals surface area contributed by atoms with Gasteiger partial charge in [-0.15, -0.1) is 0 Å². The Hall–Kier alpha value is -1.06. The maximum absolute atomic E-state index is 5.79. The summed E-state index contributed by atoms with van der Waals surface area (Å²) in [5, 5.41) is 0. The largest absolute Gasteiger partial charge is 0.381 e. The van der Waals surface area contributed by atoms with Gasteiger partial charge in [0.25, 0.3) is 0 Å². The van der Waals surface area contributed by atoms with Gasteiger partial charge in [0.15, 0.2) is 0 Å². The van der Waals surface area contributed by atoms with E-state index in [9.17, 15) is 0 Å². The Bertz CT molecular complexity index is 415. The molecule has 3 rings (SSSR count). The van der Waals surface area contributed by atoms with E-state index in [1.165, 1.54) is 30.6 Å². The van der Waals surface area contributed by atoms with Gasteiger partial charge >= 0.3 is 0 Å². The lowest BCUT2D eigenvalue weighted by molar-refractivity contribution is 0.0678. The summed E-state index contributed by atoms with van der Waals surface area (Å²) in [6, 6.07) is 9.44. The van der Waals surface area contributed by atoms with Crippen LogP contribution in [0, 0.1) is 5.92 Å². The second kappa shape index (κ2) is 5.93. The van der Waals surface area contributed by atoms with Crippen molar-refractivity contribution in [2.45, 2.75) is 31.7 Å². The summed E-state index contributed by atoms with van der Waals surface area (Å²) in [4.78, 5) is 2.61. The van der Waals surface area contributed by atoms with E-state index in [1.54, 1.807) is 0 Å². The number of hydrogen-bond donors (Lipinski definition) is 1. The van der Waals surface area contributed by atoms with Crippen LogP contribution in [0.2, 0.25) is 0 Å². The molecule has 2 N–H and O–H groups in total. The van der Waals surface area contributed by atoms with E-state index in [1.807, 2.05) is 0 Å². The van der Waals surface area contributed by atoms with Gasteiger partial charge < -0.3 is 15.4 Å². The topological polar surface area (TPSA) is 38.5 Å². The Labute approximate surface area is 115 Å². The fourth-order valence-electron chi connectivity index (χ4n) is 3.43. The summed E-state index contributed by atoms with van der Waals surface area (Å²) in [5.74, 6) is 0.778. The van der Waals surface area contributed by atoms with Crippen LogP contribution in [-0.4, -0.2) is 32.3 Å². The highest BCUT2D eigenvalue weighted by atomic mass is 16.5. The van der Waals surface area contributed by atoms with E-state index in [0.29, 0.717) is 6.04 Å². The van der Waals surface area contributed by atoms with Gasteiger partial charge in [-0.05, 0) is 49.8 Å². The van der Waals surface area contributed by atoms with Gasteiger partial charge in [0.1, 0.15) is 0 Å². The molecule has 0 saturated carbocycles. The lowest BCUT2D eigenvalue weighted by Gasteiger charge is -2.33. The molecule has 0 spiro atoms. The standard InChI is InChI=1S/C16H24N2O/c17-8-5-15-11-14-3-1-2-4-16(14)18(15)12-13-6-9-19-10-7-13/h1-4,13,15H,5-12,17H2. The maximum atomic E-state index is 5.79. The fraction of sp³-hybridized carbons (Fsp3) is 0.625. The molecule has 0 radical (unpaired) electrons. The van der Waals surface area contributed by atoms with Crippen LogP contribution in [-0.2, 0) is 11.2 Å². The summed E-state index contributed by atoms with van der Waals surface area (Å²) in [5.41, 5.74) is 8.72. The number of hydrogen-bond acceptors (Lipinski definition) is 3. The molecule has 0 bridgehead atoms. The first-order valence-electron chi connectivity index (χ1n) is 7.51. The minimum Gasteiger partial charge on any atom is -0.381 e. The molecular formula is C16H24N2O. The Morgan fingerprint density at radius 1 is 1.21 bits per heavy atom. The Balaban J connectivity index is 1.75. The monoisotopic (exact) mass is 260 g/mol. The number of fused-ring (bicyclic) bond motifs is 1. The van der Waals surface area contributed by atoms with Crippen molar-refractivity contribution >= 4 is 5.69 Å². The number of rotatable bonds is 4. The highest BCUT2D eigenvalue weighted by Crippen LogP contribution is 2.34. The third-order valence-corrected chi connectivity index (χ3v) is 4.49. The van der Waals surface area contributed by atoms with Crippen LogP contribution < -0.4 is 10.6 Å². The molecule has 2 aliphatic heterocycles. The van der Waals surface area contributed by atoms with E-state index in [0.717, 1.165) is 38.5 Å². The van der Waals surface area contributed by atoms with Crippen LogP contribution in [0.15, 0.2) is 24.3 Å². The predicted octanol–water partition coefficient (Wildman–Crippen LogP) is 2.19. The normalized spacial score (nSPS) is 23.6. The zero-order chi connectivity index (χ0) is 13.1. The molecular weight excluding hydrogens is 236 g/mol. The highest BCUT2D eigenvalue weighted by Gasteiger charge is 2.30. The number of nitrogens with two attached hydrogens (primary N) is 1. The van der Waals surface area contributed by atoms with E-state index in [4.69, 9.17) is 10.5 Å². The first-order chi connectivity index (χ1) is 9.38. The molecule has 19 heavy (non-hydrogen) atoms. The Morgan fingerprint density at radius 3 is 2.79 bits per heavy atom. The summed E-state index contributed by atoms with van der Waals surface area (Å²) >= 11 is 0. The molecule has 2 heterocycles. The number of benzene rings is 1. The third kappa shape index (κ3) is 2.77. The van der Waals surface area contributed by atoms with Crippen LogP contribution in [0.3, 0.4) is 0 Å². The highest BCUT2D eigenvalue weighted by molar-refractivity contribution is 5.59. The molecule has 0 aliphatic carbocycles. The van der Waals surface area contributed by atoms with Crippen LogP contribution in [0.25, 0.3) is 0 Å². The summed E-state index contributed by atoms with van der Waals surface area (Å²) < 4.78 is 5.47. The van der Waals surface area contributed by atoms with Crippen molar-refractivity contribution in [2.24, 2.45) is 11.7 Å². The Kier molecular flexibility index (Phi) is 4.04. The molecule has 1 saturated heterocycles.